The van der Waals surface area contributed by atoms with Gasteiger partial charge in [0.2, 0.25) is 5.91 Å². The largest absolute Gasteiger partial charge is 0.497 e. The van der Waals surface area contributed by atoms with Crippen LogP contribution in [0.3, 0.4) is 0 Å². The molecule has 1 aromatic heterocycles. The van der Waals surface area contributed by atoms with Crippen LogP contribution in [0.4, 0.5) is 0 Å². The molecule has 0 saturated heterocycles. The first kappa shape index (κ1) is 18.0. The number of carbonyl (C=O) groups is 1. The maximum Gasteiger partial charge on any atom is 0.239 e. The van der Waals surface area contributed by atoms with Gasteiger partial charge in [-0.15, -0.1) is 0 Å². The van der Waals surface area contributed by atoms with Crippen LogP contribution in [-0.2, 0) is 17.6 Å². The van der Waals surface area contributed by atoms with Gasteiger partial charge in [-0.25, -0.2) is 0 Å². The summed E-state index contributed by atoms with van der Waals surface area (Å²) in [4.78, 5) is 14.1. The first-order valence-corrected chi connectivity index (χ1v) is 8.06. The molecule has 1 amide bonds. The molecule has 0 radical (unpaired) electrons. The van der Waals surface area contributed by atoms with E-state index >= 15 is 0 Å². The Morgan fingerprint density at radius 1 is 1.33 bits per heavy atom. The molecule has 6 heteroatoms. The maximum atomic E-state index is 12.5. The predicted molar refractivity (Wildman–Crippen MR) is 94.1 cm³/mol. The van der Waals surface area contributed by atoms with Crippen molar-refractivity contribution in [1.82, 2.24) is 15.1 Å². The Bertz CT molecular complexity index is 659. The molecule has 0 aliphatic rings. The van der Waals surface area contributed by atoms with Crippen molar-refractivity contribution >= 4 is 5.91 Å². The molecule has 0 aliphatic carbocycles. The van der Waals surface area contributed by atoms with Crippen molar-refractivity contribution in [3.8, 4) is 5.75 Å². The van der Waals surface area contributed by atoms with Crippen molar-refractivity contribution in [2.75, 3.05) is 20.7 Å². The van der Waals surface area contributed by atoms with Crippen molar-refractivity contribution in [3.05, 3.63) is 46.8 Å². The topological polar surface area (TPSA) is 84.2 Å². The molecule has 24 heavy (non-hydrogen) atoms. The van der Waals surface area contributed by atoms with Crippen molar-refractivity contribution in [2.24, 2.45) is 5.73 Å². The second kappa shape index (κ2) is 7.97. The number of likely N-dealkylation sites (N-methyl/N-ethyl adjacent to an activating group) is 1. The van der Waals surface area contributed by atoms with Crippen molar-refractivity contribution < 1.29 is 9.53 Å². The van der Waals surface area contributed by atoms with Crippen LogP contribution in [0.5, 0.6) is 5.75 Å². The molecule has 0 bridgehead atoms. The van der Waals surface area contributed by atoms with Gasteiger partial charge in [0.25, 0.3) is 0 Å². The third-order valence-corrected chi connectivity index (χ3v) is 4.29. The summed E-state index contributed by atoms with van der Waals surface area (Å²) in [6.07, 6.45) is 1.28. The van der Waals surface area contributed by atoms with Crippen LogP contribution >= 0.6 is 0 Å². The van der Waals surface area contributed by atoms with Crippen LogP contribution in [0.2, 0.25) is 0 Å². The van der Waals surface area contributed by atoms with Gasteiger partial charge in [-0.3, -0.25) is 9.89 Å². The number of H-pyrrole nitrogens is 1. The predicted octanol–water partition coefficient (Wildman–Crippen LogP) is 1.61. The molecule has 0 unspecified atom stereocenters. The fourth-order valence-electron chi connectivity index (χ4n) is 2.72. The van der Waals surface area contributed by atoms with Gasteiger partial charge < -0.3 is 15.4 Å². The second-order valence-corrected chi connectivity index (χ2v) is 6.08. The van der Waals surface area contributed by atoms with Crippen LogP contribution < -0.4 is 10.5 Å². The lowest BCUT2D eigenvalue weighted by Gasteiger charge is -2.21. The number of aromatic amines is 1. The number of methoxy groups -OCH3 is 1. The Hall–Kier alpha value is -2.34. The summed E-state index contributed by atoms with van der Waals surface area (Å²) in [5.41, 5.74) is 10.3. The normalized spacial score (nSPS) is 12.0. The first-order valence-electron chi connectivity index (χ1n) is 8.06. The zero-order valence-corrected chi connectivity index (χ0v) is 14.8. The summed E-state index contributed by atoms with van der Waals surface area (Å²) < 4.78 is 5.13. The zero-order valence-electron chi connectivity index (χ0n) is 14.8. The Balaban J connectivity index is 1.89. The molecule has 1 atom stereocenters. The van der Waals surface area contributed by atoms with Gasteiger partial charge >= 0.3 is 0 Å². The van der Waals surface area contributed by atoms with Gasteiger partial charge in [-0.1, -0.05) is 12.1 Å². The van der Waals surface area contributed by atoms with E-state index in [-0.39, 0.29) is 5.91 Å². The molecule has 1 aromatic carbocycles. The lowest BCUT2D eigenvalue weighted by Crippen LogP contribution is -2.43. The summed E-state index contributed by atoms with van der Waals surface area (Å²) in [5.74, 6) is 0.742. The quantitative estimate of drug-likeness (QED) is 0.808. The van der Waals surface area contributed by atoms with Gasteiger partial charge in [0, 0.05) is 19.3 Å². The smallest absolute Gasteiger partial charge is 0.239 e. The third-order valence-electron chi connectivity index (χ3n) is 4.29. The SMILES string of the molecule is COc1ccc(C[C@H](N)C(=O)N(C)CCc2c(C)n[nH]c2C)cc1. The van der Waals surface area contributed by atoms with Gasteiger partial charge in [0.15, 0.2) is 0 Å². The van der Waals surface area contributed by atoms with Crippen molar-refractivity contribution in [3.63, 3.8) is 0 Å². The van der Waals surface area contributed by atoms with E-state index in [2.05, 4.69) is 10.2 Å². The van der Waals surface area contributed by atoms with E-state index in [9.17, 15) is 4.79 Å². The van der Waals surface area contributed by atoms with Crippen LogP contribution in [0.1, 0.15) is 22.5 Å². The molecule has 2 rings (SSSR count). The molecule has 130 valence electrons. The number of rotatable bonds is 7. The number of nitrogens with zero attached hydrogens (tertiary/aromatic N) is 2. The minimum atomic E-state index is -0.546. The molecule has 3 N–H and O–H groups in total. The van der Waals surface area contributed by atoms with Gasteiger partial charge in [-0.05, 0) is 49.9 Å². The van der Waals surface area contributed by atoms with E-state index in [4.69, 9.17) is 10.5 Å². The summed E-state index contributed by atoms with van der Waals surface area (Å²) in [7, 11) is 3.42. The first-order chi connectivity index (χ1) is 11.4. The number of aromatic nitrogens is 2. The molecule has 0 aliphatic heterocycles. The number of hydrogen-bond donors (Lipinski definition) is 2. The van der Waals surface area contributed by atoms with E-state index in [1.54, 1.807) is 19.1 Å². The van der Waals surface area contributed by atoms with Crippen LogP contribution in [-0.4, -0.2) is 47.7 Å². The minimum Gasteiger partial charge on any atom is -0.497 e. The van der Waals surface area contributed by atoms with E-state index in [1.165, 1.54) is 5.56 Å². The number of hydrogen-bond acceptors (Lipinski definition) is 4. The molecule has 2 aromatic rings. The van der Waals surface area contributed by atoms with Crippen molar-refractivity contribution in [2.45, 2.75) is 32.7 Å². The van der Waals surface area contributed by atoms with E-state index in [1.807, 2.05) is 38.1 Å². The van der Waals surface area contributed by atoms with Gasteiger partial charge in [-0.2, -0.15) is 5.10 Å². The van der Waals surface area contributed by atoms with Crippen LogP contribution in [0, 0.1) is 13.8 Å². The van der Waals surface area contributed by atoms with E-state index < -0.39 is 6.04 Å². The second-order valence-electron chi connectivity index (χ2n) is 6.08. The zero-order chi connectivity index (χ0) is 17.7. The highest BCUT2D eigenvalue weighted by Crippen LogP contribution is 2.13. The fourth-order valence-corrected chi connectivity index (χ4v) is 2.72. The maximum absolute atomic E-state index is 12.5. The highest BCUT2D eigenvalue weighted by atomic mass is 16.5. The van der Waals surface area contributed by atoms with Gasteiger partial charge in [0.05, 0.1) is 18.8 Å². The molecule has 0 fully saturated rings. The molecule has 0 saturated carbocycles. The van der Waals surface area contributed by atoms with Crippen LogP contribution in [0.25, 0.3) is 0 Å². The molecular formula is C18H26N4O2. The Morgan fingerprint density at radius 3 is 2.54 bits per heavy atom. The van der Waals surface area contributed by atoms with Crippen LogP contribution in [0.15, 0.2) is 24.3 Å². The summed E-state index contributed by atoms with van der Waals surface area (Å²) in [6.45, 7) is 4.58. The molecule has 0 spiro atoms. The van der Waals surface area contributed by atoms with E-state index in [0.717, 1.165) is 29.1 Å². The van der Waals surface area contributed by atoms with E-state index in [0.29, 0.717) is 13.0 Å². The summed E-state index contributed by atoms with van der Waals surface area (Å²) in [5, 5.41) is 7.15. The number of carbonyl (C=O) groups excluding carboxylic acids is 1. The minimum absolute atomic E-state index is 0.0513. The average Bonchev–Trinajstić information content (AvgIpc) is 2.90. The number of aryl methyl sites for hydroxylation is 2. The highest BCUT2D eigenvalue weighted by Gasteiger charge is 2.19. The Morgan fingerprint density at radius 2 is 2.00 bits per heavy atom. The number of ether oxygens (including phenoxy) is 1. The number of amides is 1. The molecule has 1 heterocycles. The lowest BCUT2D eigenvalue weighted by atomic mass is 10.0. The van der Waals surface area contributed by atoms with Crippen molar-refractivity contribution in [1.29, 1.82) is 0 Å². The number of nitrogens with one attached hydrogen (secondary N) is 1. The lowest BCUT2D eigenvalue weighted by molar-refractivity contribution is -0.131. The Kier molecular flexibility index (Phi) is 5.98. The standard InChI is InChI=1S/C18H26N4O2/c1-12-16(13(2)21-20-12)9-10-22(3)18(23)17(19)11-14-5-7-15(24-4)8-6-14/h5-8,17H,9-11,19H2,1-4H3,(H,20,21)/t17-/m0/s1. The monoisotopic (exact) mass is 330 g/mol. The molecular weight excluding hydrogens is 304 g/mol. The summed E-state index contributed by atoms with van der Waals surface area (Å²) >= 11 is 0. The highest BCUT2D eigenvalue weighted by molar-refractivity contribution is 5.81. The third kappa shape index (κ3) is 4.35. The Labute approximate surface area is 143 Å². The summed E-state index contributed by atoms with van der Waals surface area (Å²) in [6, 6.07) is 7.07. The van der Waals surface area contributed by atoms with Gasteiger partial charge in [0.1, 0.15) is 5.75 Å². The fraction of sp³-hybridized carbons (Fsp3) is 0.444. The molecule has 6 nitrogen and oxygen atoms in total. The average molecular weight is 330 g/mol. The number of benzene rings is 1. The number of nitrogens with two attached hydrogens (primary N) is 1.